The van der Waals surface area contributed by atoms with Crippen molar-refractivity contribution in [3.63, 3.8) is 0 Å². The standard InChI is InChI=1S/C23H20N4O4S/c1-13-12-18(26-31-13)24-21(28)19-14(2)27(17-6-4-3-5-7-17)23(32)25-20(19)15-8-10-16(11-9-15)22(29)30/h3-12,20H,1-2H3,(H,25,32)(H,29,30)(H,24,26,28)/t20-/m1/s1. The summed E-state index contributed by atoms with van der Waals surface area (Å²) in [4.78, 5) is 26.4. The van der Waals surface area contributed by atoms with Gasteiger partial charge in [0.25, 0.3) is 5.91 Å². The third-order valence-electron chi connectivity index (χ3n) is 5.10. The minimum Gasteiger partial charge on any atom is -0.478 e. The highest BCUT2D eigenvalue weighted by Crippen LogP contribution is 2.34. The molecule has 0 unspecified atom stereocenters. The van der Waals surface area contributed by atoms with Crippen LogP contribution in [0.4, 0.5) is 11.5 Å². The Labute approximate surface area is 189 Å². The maximum atomic E-state index is 13.4. The zero-order valence-corrected chi connectivity index (χ0v) is 18.1. The van der Waals surface area contributed by atoms with Crippen LogP contribution in [0.5, 0.6) is 0 Å². The summed E-state index contributed by atoms with van der Waals surface area (Å²) < 4.78 is 5.05. The van der Waals surface area contributed by atoms with Crippen LogP contribution in [-0.4, -0.2) is 27.3 Å². The van der Waals surface area contributed by atoms with Crippen LogP contribution < -0.4 is 15.5 Å². The predicted octanol–water partition coefficient (Wildman–Crippen LogP) is 4.03. The summed E-state index contributed by atoms with van der Waals surface area (Å²) >= 11 is 5.63. The molecule has 4 rings (SSSR count). The zero-order valence-electron chi connectivity index (χ0n) is 17.3. The smallest absolute Gasteiger partial charge is 0.335 e. The van der Waals surface area contributed by atoms with Crippen LogP contribution in [0.1, 0.15) is 34.6 Å². The maximum Gasteiger partial charge on any atom is 0.335 e. The second kappa shape index (κ2) is 8.64. The van der Waals surface area contributed by atoms with E-state index in [4.69, 9.17) is 16.7 Å². The van der Waals surface area contributed by atoms with Gasteiger partial charge in [-0.25, -0.2) is 4.79 Å². The van der Waals surface area contributed by atoms with E-state index in [2.05, 4.69) is 15.8 Å². The van der Waals surface area contributed by atoms with E-state index >= 15 is 0 Å². The summed E-state index contributed by atoms with van der Waals surface area (Å²) in [5.74, 6) is -0.531. The minimum absolute atomic E-state index is 0.155. The molecule has 0 fully saturated rings. The summed E-state index contributed by atoms with van der Waals surface area (Å²) in [6.45, 7) is 3.55. The van der Waals surface area contributed by atoms with Crippen LogP contribution in [0, 0.1) is 6.92 Å². The molecular formula is C23H20N4O4S. The number of carboxylic acid groups (broad SMARTS) is 1. The van der Waals surface area contributed by atoms with Gasteiger partial charge in [0.15, 0.2) is 10.9 Å². The number of aryl methyl sites for hydroxylation is 1. The quantitative estimate of drug-likeness (QED) is 0.502. The topological polar surface area (TPSA) is 108 Å². The third kappa shape index (κ3) is 4.10. The Balaban J connectivity index is 1.79. The van der Waals surface area contributed by atoms with Crippen LogP contribution >= 0.6 is 12.2 Å². The first-order valence-electron chi connectivity index (χ1n) is 9.79. The lowest BCUT2D eigenvalue weighted by Gasteiger charge is -2.37. The van der Waals surface area contributed by atoms with Gasteiger partial charge in [-0.15, -0.1) is 0 Å². The number of aromatic carboxylic acids is 1. The van der Waals surface area contributed by atoms with Crippen molar-refractivity contribution in [3.8, 4) is 0 Å². The van der Waals surface area contributed by atoms with Crippen molar-refractivity contribution >= 4 is 40.7 Å². The molecule has 1 aliphatic rings. The number of allylic oxidation sites excluding steroid dienone is 1. The Morgan fingerprint density at radius 1 is 1.12 bits per heavy atom. The molecule has 2 aromatic carbocycles. The number of carbonyl (C=O) groups is 2. The van der Waals surface area contributed by atoms with Gasteiger partial charge in [0.2, 0.25) is 0 Å². The van der Waals surface area contributed by atoms with E-state index in [1.54, 1.807) is 30.0 Å². The highest BCUT2D eigenvalue weighted by Gasteiger charge is 2.35. The molecule has 32 heavy (non-hydrogen) atoms. The van der Waals surface area contributed by atoms with Crippen molar-refractivity contribution in [1.82, 2.24) is 10.5 Å². The molecule has 8 nitrogen and oxygen atoms in total. The summed E-state index contributed by atoms with van der Waals surface area (Å²) in [5, 5.41) is 19.5. The van der Waals surface area contributed by atoms with Crippen LogP contribution in [-0.2, 0) is 4.79 Å². The number of para-hydroxylation sites is 1. The van der Waals surface area contributed by atoms with Crippen molar-refractivity contribution in [2.75, 3.05) is 10.2 Å². The SMILES string of the molecule is CC1=C(C(=O)Nc2cc(C)on2)[C@@H](c2ccc(C(=O)O)cc2)NC(=S)N1c1ccccc1. The number of hydrogen-bond donors (Lipinski definition) is 3. The summed E-state index contributed by atoms with van der Waals surface area (Å²) in [6, 6.07) is 16.8. The van der Waals surface area contributed by atoms with E-state index in [9.17, 15) is 14.7 Å². The van der Waals surface area contributed by atoms with E-state index < -0.39 is 12.0 Å². The van der Waals surface area contributed by atoms with Gasteiger partial charge in [0, 0.05) is 17.5 Å². The van der Waals surface area contributed by atoms with Gasteiger partial charge in [-0.3, -0.25) is 9.69 Å². The van der Waals surface area contributed by atoms with E-state index in [0.717, 1.165) is 5.69 Å². The number of benzene rings is 2. The largest absolute Gasteiger partial charge is 0.478 e. The molecule has 3 aromatic rings. The first-order chi connectivity index (χ1) is 15.3. The molecule has 1 aromatic heterocycles. The third-order valence-corrected chi connectivity index (χ3v) is 5.40. The number of amides is 1. The molecule has 0 saturated carbocycles. The van der Waals surface area contributed by atoms with E-state index in [1.807, 2.05) is 37.3 Å². The van der Waals surface area contributed by atoms with Gasteiger partial charge in [-0.2, -0.15) is 0 Å². The number of anilines is 2. The molecule has 1 atom stereocenters. The van der Waals surface area contributed by atoms with Gasteiger partial charge in [-0.1, -0.05) is 35.5 Å². The lowest BCUT2D eigenvalue weighted by molar-refractivity contribution is -0.113. The van der Waals surface area contributed by atoms with Crippen molar-refractivity contribution in [2.24, 2.45) is 0 Å². The normalized spacial score (nSPS) is 16.0. The molecule has 9 heteroatoms. The van der Waals surface area contributed by atoms with E-state index in [0.29, 0.717) is 33.5 Å². The Hall–Kier alpha value is -3.98. The average molecular weight is 449 g/mol. The molecule has 162 valence electrons. The maximum absolute atomic E-state index is 13.4. The Morgan fingerprint density at radius 3 is 2.41 bits per heavy atom. The Kier molecular flexibility index (Phi) is 5.74. The molecule has 0 spiro atoms. The lowest BCUT2D eigenvalue weighted by Crippen LogP contribution is -2.48. The Bertz CT molecular complexity index is 1220. The first-order valence-corrected chi connectivity index (χ1v) is 10.2. The number of nitrogens with one attached hydrogen (secondary N) is 2. The number of aromatic nitrogens is 1. The number of rotatable bonds is 5. The van der Waals surface area contributed by atoms with Gasteiger partial charge in [0.1, 0.15) is 5.76 Å². The van der Waals surface area contributed by atoms with Crippen LogP contribution in [0.15, 0.2) is 76.5 Å². The van der Waals surface area contributed by atoms with E-state index in [-0.39, 0.29) is 11.5 Å². The highest BCUT2D eigenvalue weighted by atomic mass is 32.1. The summed E-state index contributed by atoms with van der Waals surface area (Å²) in [5.41, 5.74) is 2.73. The number of carboxylic acids is 1. The van der Waals surface area contributed by atoms with Crippen LogP contribution in [0.2, 0.25) is 0 Å². The predicted molar refractivity (Wildman–Crippen MR) is 123 cm³/mol. The fraction of sp³-hybridized carbons (Fsp3) is 0.130. The molecule has 2 heterocycles. The molecule has 0 bridgehead atoms. The van der Waals surface area contributed by atoms with Gasteiger partial charge >= 0.3 is 5.97 Å². The minimum atomic E-state index is -1.02. The van der Waals surface area contributed by atoms with Crippen LogP contribution in [0.3, 0.4) is 0 Å². The second-order valence-electron chi connectivity index (χ2n) is 7.26. The monoisotopic (exact) mass is 448 g/mol. The summed E-state index contributed by atoms with van der Waals surface area (Å²) in [7, 11) is 0. The molecule has 3 N–H and O–H groups in total. The van der Waals surface area contributed by atoms with Crippen molar-refractivity contribution in [3.05, 3.63) is 88.8 Å². The molecular weight excluding hydrogens is 428 g/mol. The fourth-order valence-corrected chi connectivity index (χ4v) is 3.96. The van der Waals surface area contributed by atoms with Crippen LogP contribution in [0.25, 0.3) is 0 Å². The lowest BCUT2D eigenvalue weighted by atomic mass is 9.93. The summed E-state index contributed by atoms with van der Waals surface area (Å²) in [6.07, 6.45) is 0. The average Bonchev–Trinajstić information content (AvgIpc) is 3.18. The fourth-order valence-electron chi connectivity index (χ4n) is 3.60. The molecule has 1 amide bonds. The van der Waals surface area contributed by atoms with Crippen molar-refractivity contribution in [1.29, 1.82) is 0 Å². The number of nitrogens with zero attached hydrogens (tertiary/aromatic N) is 2. The zero-order chi connectivity index (χ0) is 22.8. The molecule has 1 aliphatic heterocycles. The van der Waals surface area contributed by atoms with Gasteiger partial charge in [0.05, 0.1) is 17.2 Å². The molecule has 0 radical (unpaired) electrons. The first kappa shape index (κ1) is 21.3. The number of hydrogen-bond acceptors (Lipinski definition) is 5. The van der Waals surface area contributed by atoms with E-state index in [1.165, 1.54) is 12.1 Å². The van der Waals surface area contributed by atoms with Crippen molar-refractivity contribution in [2.45, 2.75) is 19.9 Å². The molecule has 0 aliphatic carbocycles. The highest BCUT2D eigenvalue weighted by molar-refractivity contribution is 7.80. The Morgan fingerprint density at radius 2 is 1.81 bits per heavy atom. The second-order valence-corrected chi connectivity index (χ2v) is 7.64. The number of carbonyl (C=O) groups excluding carboxylic acids is 1. The molecule has 0 saturated heterocycles. The number of thiocarbonyl (C=S) groups is 1. The van der Waals surface area contributed by atoms with Gasteiger partial charge in [-0.05, 0) is 55.9 Å². The van der Waals surface area contributed by atoms with Gasteiger partial charge < -0.3 is 20.3 Å². The van der Waals surface area contributed by atoms with Crippen molar-refractivity contribution < 1.29 is 19.2 Å².